The predicted molar refractivity (Wildman–Crippen MR) is 132 cm³/mol. The summed E-state index contributed by atoms with van der Waals surface area (Å²) in [5, 5.41) is 0. The quantitative estimate of drug-likeness (QED) is 0.506. The lowest BCUT2D eigenvalue weighted by atomic mass is 9.87. The number of hydrogen-bond acceptors (Lipinski definition) is 4. The predicted octanol–water partition coefficient (Wildman–Crippen LogP) is 5.74. The number of pyridine rings is 1. The standard InChI is InChI=1S/C28H34N4O/c1-5-23(20-10-7-6-8-11-20)26(33)32-17-9-12-22(19-32)25-24(21-13-15-29-16-14-21)18-30-27(31-25)28(2,3)4/h6-8,10-11,13-16,18,22-23H,5,9,12,17,19H2,1-4H3. The average Bonchev–Trinajstić information content (AvgIpc) is 2.85. The summed E-state index contributed by atoms with van der Waals surface area (Å²) in [5.74, 6) is 1.15. The molecule has 1 aliphatic heterocycles. The van der Waals surface area contributed by atoms with E-state index in [0.717, 1.165) is 54.0 Å². The molecule has 0 bridgehead atoms. The molecule has 3 heterocycles. The number of amides is 1. The zero-order chi connectivity index (χ0) is 23.4. The Labute approximate surface area is 197 Å². The van der Waals surface area contributed by atoms with Crippen LogP contribution in [-0.2, 0) is 10.2 Å². The van der Waals surface area contributed by atoms with Gasteiger partial charge >= 0.3 is 0 Å². The molecule has 1 saturated heterocycles. The van der Waals surface area contributed by atoms with Crippen LogP contribution in [0.2, 0.25) is 0 Å². The van der Waals surface area contributed by atoms with E-state index in [1.807, 2.05) is 36.5 Å². The van der Waals surface area contributed by atoms with Gasteiger partial charge in [0.25, 0.3) is 0 Å². The molecule has 4 rings (SSSR count). The van der Waals surface area contributed by atoms with E-state index in [9.17, 15) is 4.79 Å². The zero-order valence-corrected chi connectivity index (χ0v) is 20.2. The van der Waals surface area contributed by atoms with Gasteiger partial charge in [-0.1, -0.05) is 58.0 Å². The van der Waals surface area contributed by atoms with Crippen LogP contribution >= 0.6 is 0 Å². The van der Waals surface area contributed by atoms with Crippen LogP contribution in [0.15, 0.2) is 61.1 Å². The fourth-order valence-corrected chi connectivity index (χ4v) is 4.68. The maximum atomic E-state index is 13.6. The maximum absolute atomic E-state index is 13.6. The highest BCUT2D eigenvalue weighted by atomic mass is 16.2. The summed E-state index contributed by atoms with van der Waals surface area (Å²) in [5.41, 5.74) is 4.11. The lowest BCUT2D eigenvalue weighted by Gasteiger charge is -2.35. The molecule has 0 saturated carbocycles. The highest BCUT2D eigenvalue weighted by molar-refractivity contribution is 5.84. The molecule has 0 spiro atoms. The van der Waals surface area contributed by atoms with Crippen LogP contribution in [0.3, 0.4) is 0 Å². The van der Waals surface area contributed by atoms with Gasteiger partial charge in [0, 0.05) is 48.6 Å². The maximum Gasteiger partial charge on any atom is 0.230 e. The molecule has 0 aliphatic carbocycles. The summed E-state index contributed by atoms with van der Waals surface area (Å²) in [7, 11) is 0. The number of aromatic nitrogens is 3. The number of piperidine rings is 1. The van der Waals surface area contributed by atoms with Crippen LogP contribution in [0.5, 0.6) is 0 Å². The van der Waals surface area contributed by atoms with Crippen molar-refractivity contribution in [2.75, 3.05) is 13.1 Å². The summed E-state index contributed by atoms with van der Waals surface area (Å²) < 4.78 is 0. The topological polar surface area (TPSA) is 59.0 Å². The highest BCUT2D eigenvalue weighted by Gasteiger charge is 2.32. The molecule has 5 heteroatoms. The van der Waals surface area contributed by atoms with E-state index in [1.165, 1.54) is 0 Å². The lowest BCUT2D eigenvalue weighted by Crippen LogP contribution is -2.42. The molecule has 1 aliphatic rings. The summed E-state index contributed by atoms with van der Waals surface area (Å²) in [6, 6.07) is 14.2. The molecular weight excluding hydrogens is 408 g/mol. The van der Waals surface area contributed by atoms with Crippen molar-refractivity contribution in [1.29, 1.82) is 0 Å². The third-order valence-corrected chi connectivity index (χ3v) is 6.51. The second-order valence-electron chi connectivity index (χ2n) is 9.97. The molecule has 2 aromatic heterocycles. The molecule has 1 amide bonds. The number of likely N-dealkylation sites (tertiary alicyclic amines) is 1. The van der Waals surface area contributed by atoms with Crippen molar-refractivity contribution in [3.63, 3.8) is 0 Å². The van der Waals surface area contributed by atoms with Gasteiger partial charge in [-0.05, 0) is 42.5 Å². The van der Waals surface area contributed by atoms with Crippen molar-refractivity contribution >= 4 is 5.91 Å². The molecule has 1 aromatic carbocycles. The Morgan fingerprint density at radius 1 is 1.12 bits per heavy atom. The molecular formula is C28H34N4O. The number of hydrogen-bond donors (Lipinski definition) is 0. The minimum Gasteiger partial charge on any atom is -0.342 e. The second kappa shape index (κ2) is 9.82. The van der Waals surface area contributed by atoms with Crippen molar-refractivity contribution in [3.8, 4) is 11.1 Å². The van der Waals surface area contributed by atoms with Crippen LogP contribution in [0.25, 0.3) is 11.1 Å². The van der Waals surface area contributed by atoms with E-state index >= 15 is 0 Å². The average molecular weight is 443 g/mol. The lowest BCUT2D eigenvalue weighted by molar-refractivity contribution is -0.134. The number of carbonyl (C=O) groups excluding carboxylic acids is 1. The Morgan fingerprint density at radius 3 is 2.52 bits per heavy atom. The molecule has 2 unspecified atom stereocenters. The number of carbonyl (C=O) groups is 1. The Kier molecular flexibility index (Phi) is 6.87. The Morgan fingerprint density at radius 2 is 1.85 bits per heavy atom. The van der Waals surface area contributed by atoms with Gasteiger partial charge in [0.15, 0.2) is 0 Å². The van der Waals surface area contributed by atoms with Gasteiger partial charge in [0.05, 0.1) is 11.6 Å². The first-order valence-corrected chi connectivity index (χ1v) is 12.0. The first kappa shape index (κ1) is 23.1. The summed E-state index contributed by atoms with van der Waals surface area (Å²) in [4.78, 5) is 29.6. The monoisotopic (exact) mass is 442 g/mol. The van der Waals surface area contributed by atoms with Gasteiger partial charge in [0.1, 0.15) is 5.82 Å². The van der Waals surface area contributed by atoms with Gasteiger partial charge in [0.2, 0.25) is 5.91 Å². The van der Waals surface area contributed by atoms with E-state index in [2.05, 4.69) is 49.7 Å². The van der Waals surface area contributed by atoms with Gasteiger partial charge < -0.3 is 4.90 Å². The largest absolute Gasteiger partial charge is 0.342 e. The van der Waals surface area contributed by atoms with Gasteiger partial charge in [-0.15, -0.1) is 0 Å². The third kappa shape index (κ3) is 5.13. The van der Waals surface area contributed by atoms with Crippen molar-refractivity contribution < 1.29 is 4.79 Å². The molecule has 5 nitrogen and oxygen atoms in total. The van der Waals surface area contributed by atoms with Crippen molar-refractivity contribution in [2.24, 2.45) is 0 Å². The highest BCUT2D eigenvalue weighted by Crippen LogP contribution is 2.35. The van der Waals surface area contributed by atoms with Crippen molar-refractivity contribution in [2.45, 2.75) is 64.2 Å². The number of benzene rings is 1. The fraction of sp³-hybridized carbons (Fsp3) is 0.429. The fourth-order valence-electron chi connectivity index (χ4n) is 4.68. The molecule has 1 fully saturated rings. The van der Waals surface area contributed by atoms with Crippen LogP contribution in [-0.4, -0.2) is 38.8 Å². The molecule has 172 valence electrons. The Hall–Kier alpha value is -3.08. The molecule has 2 atom stereocenters. The van der Waals surface area contributed by atoms with Crippen molar-refractivity contribution in [3.05, 3.63) is 78.1 Å². The SMILES string of the molecule is CCC(C(=O)N1CCCC(c2nc(C(C)(C)C)ncc2-c2ccncc2)C1)c1ccccc1. The van der Waals surface area contributed by atoms with Crippen LogP contribution in [0, 0.1) is 0 Å². The Balaban J connectivity index is 1.66. The summed E-state index contributed by atoms with van der Waals surface area (Å²) in [6.07, 6.45) is 8.36. The normalized spacial score (nSPS) is 17.6. The van der Waals surface area contributed by atoms with Gasteiger partial charge in [-0.3, -0.25) is 9.78 Å². The van der Waals surface area contributed by atoms with Crippen LogP contribution < -0.4 is 0 Å². The van der Waals surface area contributed by atoms with E-state index in [4.69, 9.17) is 9.97 Å². The van der Waals surface area contributed by atoms with E-state index in [1.54, 1.807) is 12.4 Å². The smallest absolute Gasteiger partial charge is 0.230 e. The minimum atomic E-state index is -0.143. The summed E-state index contributed by atoms with van der Waals surface area (Å²) in [6.45, 7) is 10.0. The second-order valence-corrected chi connectivity index (χ2v) is 9.97. The van der Waals surface area contributed by atoms with Crippen LogP contribution in [0.4, 0.5) is 0 Å². The van der Waals surface area contributed by atoms with Crippen LogP contribution in [0.1, 0.15) is 75.9 Å². The minimum absolute atomic E-state index is 0.0971. The summed E-state index contributed by atoms with van der Waals surface area (Å²) >= 11 is 0. The van der Waals surface area contributed by atoms with Gasteiger partial charge in [-0.25, -0.2) is 9.97 Å². The van der Waals surface area contributed by atoms with Crippen molar-refractivity contribution in [1.82, 2.24) is 19.9 Å². The molecule has 3 aromatic rings. The van der Waals surface area contributed by atoms with E-state index in [0.29, 0.717) is 6.54 Å². The molecule has 33 heavy (non-hydrogen) atoms. The Bertz CT molecular complexity index is 1080. The number of rotatable bonds is 5. The van der Waals surface area contributed by atoms with E-state index in [-0.39, 0.29) is 23.2 Å². The third-order valence-electron chi connectivity index (χ3n) is 6.51. The molecule has 0 radical (unpaired) electrons. The van der Waals surface area contributed by atoms with E-state index < -0.39 is 0 Å². The van der Waals surface area contributed by atoms with Gasteiger partial charge in [-0.2, -0.15) is 0 Å². The molecule has 0 N–H and O–H groups in total. The zero-order valence-electron chi connectivity index (χ0n) is 20.2. The first-order chi connectivity index (χ1) is 15.9. The number of nitrogens with zero attached hydrogens (tertiary/aromatic N) is 4. The first-order valence-electron chi connectivity index (χ1n) is 12.0.